The van der Waals surface area contributed by atoms with E-state index in [0.29, 0.717) is 32.5 Å². The lowest BCUT2D eigenvalue weighted by Gasteiger charge is -2.07. The second-order valence-electron chi connectivity index (χ2n) is 6.79. The minimum Gasteiger partial charge on any atom is -0.310 e. The van der Waals surface area contributed by atoms with Gasteiger partial charge >= 0.3 is 0 Å². The molecular formula is C23H14Cl2N2OS. The molecule has 0 aliphatic carbocycles. The van der Waals surface area contributed by atoms with E-state index in [1.807, 2.05) is 29.6 Å². The number of hydrogen-bond donors (Lipinski definition) is 1. The Labute approximate surface area is 180 Å². The van der Waals surface area contributed by atoms with Crippen molar-refractivity contribution < 1.29 is 0 Å². The first-order valence-electron chi connectivity index (χ1n) is 9.02. The van der Waals surface area contributed by atoms with E-state index in [1.54, 1.807) is 12.1 Å². The van der Waals surface area contributed by atoms with Crippen molar-refractivity contribution in [3.63, 3.8) is 0 Å². The Bertz CT molecular complexity index is 1430. The highest BCUT2D eigenvalue weighted by Gasteiger charge is 2.14. The standard InChI is InChI=1S/C23H14Cl2N2OS/c24-18-9-8-15(10-19(18)25)17-12-29-23-21(17)22(28)26-20(27-23)11-14-6-3-5-13-4-1-2-7-16(13)14/h1-10,12H,11H2,(H,26,27,28). The molecule has 1 N–H and O–H groups in total. The topological polar surface area (TPSA) is 45.8 Å². The van der Waals surface area contributed by atoms with Crippen LogP contribution in [-0.2, 0) is 6.42 Å². The lowest BCUT2D eigenvalue weighted by atomic mass is 10.0. The summed E-state index contributed by atoms with van der Waals surface area (Å²) in [7, 11) is 0. The summed E-state index contributed by atoms with van der Waals surface area (Å²) in [4.78, 5) is 21.3. The minimum absolute atomic E-state index is 0.146. The molecule has 0 bridgehead atoms. The summed E-state index contributed by atoms with van der Waals surface area (Å²) < 4.78 is 0. The van der Waals surface area contributed by atoms with Gasteiger partial charge in [0.25, 0.3) is 5.56 Å². The predicted octanol–water partition coefficient (Wildman–Crippen LogP) is 6.70. The van der Waals surface area contributed by atoms with Crippen LogP contribution in [0.3, 0.4) is 0 Å². The number of rotatable bonds is 3. The van der Waals surface area contributed by atoms with Gasteiger partial charge in [0.15, 0.2) is 0 Å². The fourth-order valence-corrected chi connectivity index (χ4v) is 4.85. The van der Waals surface area contributed by atoms with Crippen molar-refractivity contribution in [2.75, 3.05) is 0 Å². The van der Waals surface area contributed by atoms with Crippen LogP contribution in [0.4, 0.5) is 0 Å². The zero-order valence-electron chi connectivity index (χ0n) is 15.1. The molecule has 0 spiro atoms. The van der Waals surface area contributed by atoms with Crippen molar-refractivity contribution >= 4 is 55.5 Å². The van der Waals surface area contributed by atoms with Gasteiger partial charge in [0, 0.05) is 17.4 Å². The van der Waals surface area contributed by atoms with E-state index in [2.05, 4.69) is 29.2 Å². The first kappa shape index (κ1) is 18.4. The van der Waals surface area contributed by atoms with Gasteiger partial charge in [-0.15, -0.1) is 11.3 Å². The molecular weight excluding hydrogens is 423 g/mol. The van der Waals surface area contributed by atoms with Crippen molar-refractivity contribution in [3.8, 4) is 11.1 Å². The van der Waals surface area contributed by atoms with Crippen molar-refractivity contribution in [3.05, 3.63) is 97.8 Å². The number of H-pyrrole nitrogens is 1. The number of nitrogens with one attached hydrogen (secondary N) is 1. The molecule has 0 saturated carbocycles. The van der Waals surface area contributed by atoms with Gasteiger partial charge in [-0.3, -0.25) is 4.79 Å². The van der Waals surface area contributed by atoms with Crippen LogP contribution < -0.4 is 5.56 Å². The Morgan fingerprint density at radius 1 is 0.966 bits per heavy atom. The van der Waals surface area contributed by atoms with Crippen LogP contribution in [0.15, 0.2) is 70.8 Å². The summed E-state index contributed by atoms with van der Waals surface area (Å²) in [6.45, 7) is 0. The van der Waals surface area contributed by atoms with E-state index in [9.17, 15) is 4.79 Å². The van der Waals surface area contributed by atoms with Crippen LogP contribution in [0.5, 0.6) is 0 Å². The Morgan fingerprint density at radius 3 is 2.66 bits per heavy atom. The monoisotopic (exact) mass is 436 g/mol. The summed E-state index contributed by atoms with van der Waals surface area (Å²) in [5.74, 6) is 0.654. The van der Waals surface area contributed by atoms with Crippen molar-refractivity contribution in [1.82, 2.24) is 9.97 Å². The molecule has 5 aromatic rings. The Morgan fingerprint density at radius 2 is 1.79 bits per heavy atom. The van der Waals surface area contributed by atoms with Gasteiger partial charge in [-0.2, -0.15) is 0 Å². The number of fused-ring (bicyclic) bond motifs is 2. The highest BCUT2D eigenvalue weighted by atomic mass is 35.5. The Balaban J connectivity index is 1.59. The molecule has 2 aromatic heterocycles. The predicted molar refractivity (Wildman–Crippen MR) is 122 cm³/mol. The number of aromatic nitrogens is 2. The zero-order chi connectivity index (χ0) is 20.0. The molecule has 3 aromatic carbocycles. The lowest BCUT2D eigenvalue weighted by molar-refractivity contribution is 0.983. The van der Waals surface area contributed by atoms with Gasteiger partial charge in [0.1, 0.15) is 10.7 Å². The largest absolute Gasteiger partial charge is 0.310 e. The third-order valence-corrected chi connectivity index (χ3v) is 6.57. The highest BCUT2D eigenvalue weighted by molar-refractivity contribution is 7.17. The lowest BCUT2D eigenvalue weighted by Crippen LogP contribution is -2.11. The van der Waals surface area contributed by atoms with Crippen molar-refractivity contribution in [1.29, 1.82) is 0 Å². The maximum atomic E-state index is 12.9. The van der Waals surface area contributed by atoms with Crippen LogP contribution in [0.1, 0.15) is 11.4 Å². The van der Waals surface area contributed by atoms with E-state index < -0.39 is 0 Å². The molecule has 0 saturated heterocycles. The van der Waals surface area contributed by atoms with E-state index >= 15 is 0 Å². The molecule has 0 aliphatic rings. The van der Waals surface area contributed by atoms with Crippen molar-refractivity contribution in [2.24, 2.45) is 0 Å². The molecule has 142 valence electrons. The van der Waals surface area contributed by atoms with Gasteiger partial charge in [-0.05, 0) is 34.0 Å². The van der Waals surface area contributed by atoms with Gasteiger partial charge in [0.2, 0.25) is 0 Å². The maximum Gasteiger partial charge on any atom is 0.260 e. The molecule has 0 radical (unpaired) electrons. The number of nitrogens with zero attached hydrogens (tertiary/aromatic N) is 1. The van der Waals surface area contributed by atoms with Crippen molar-refractivity contribution in [2.45, 2.75) is 6.42 Å². The molecule has 0 unspecified atom stereocenters. The summed E-state index contributed by atoms with van der Waals surface area (Å²) in [6, 6.07) is 19.8. The Hall–Kier alpha value is -2.66. The van der Waals surface area contributed by atoms with Gasteiger partial charge in [-0.25, -0.2) is 4.98 Å². The van der Waals surface area contributed by atoms with E-state index in [-0.39, 0.29) is 5.56 Å². The number of aromatic amines is 1. The molecule has 29 heavy (non-hydrogen) atoms. The summed E-state index contributed by atoms with van der Waals surface area (Å²) in [6.07, 6.45) is 0.562. The number of halogens is 2. The smallest absolute Gasteiger partial charge is 0.260 e. The molecule has 5 rings (SSSR count). The molecule has 6 heteroatoms. The molecule has 0 atom stereocenters. The second-order valence-corrected chi connectivity index (χ2v) is 8.46. The average Bonchev–Trinajstić information content (AvgIpc) is 3.15. The normalized spacial score (nSPS) is 11.4. The van der Waals surface area contributed by atoms with Crippen LogP contribution in [-0.4, -0.2) is 9.97 Å². The Kier molecular flexibility index (Phi) is 4.63. The maximum absolute atomic E-state index is 12.9. The molecule has 3 nitrogen and oxygen atoms in total. The summed E-state index contributed by atoms with van der Waals surface area (Å²) in [5, 5.41) is 5.80. The van der Waals surface area contributed by atoms with Crippen LogP contribution in [0, 0.1) is 0 Å². The summed E-state index contributed by atoms with van der Waals surface area (Å²) >= 11 is 13.6. The molecule has 0 aliphatic heterocycles. The molecule has 0 amide bonds. The third-order valence-electron chi connectivity index (χ3n) is 4.96. The van der Waals surface area contributed by atoms with Crippen LogP contribution in [0.2, 0.25) is 10.0 Å². The van der Waals surface area contributed by atoms with Crippen LogP contribution in [0.25, 0.3) is 32.1 Å². The van der Waals surface area contributed by atoms with Gasteiger partial charge in [-0.1, -0.05) is 71.7 Å². The van der Waals surface area contributed by atoms with Crippen LogP contribution >= 0.6 is 34.5 Å². The second kappa shape index (κ2) is 7.30. The fourth-order valence-electron chi connectivity index (χ4n) is 3.58. The first-order chi connectivity index (χ1) is 14.1. The number of thiophene rings is 1. The summed E-state index contributed by atoms with van der Waals surface area (Å²) in [5.41, 5.74) is 2.65. The SMILES string of the molecule is O=c1[nH]c(Cc2cccc3ccccc23)nc2scc(-c3ccc(Cl)c(Cl)c3)c12. The minimum atomic E-state index is -0.146. The fraction of sp³-hybridized carbons (Fsp3) is 0.0435. The highest BCUT2D eigenvalue weighted by Crippen LogP contribution is 2.34. The van der Waals surface area contributed by atoms with Gasteiger partial charge < -0.3 is 4.98 Å². The van der Waals surface area contributed by atoms with Gasteiger partial charge in [0.05, 0.1) is 15.4 Å². The third kappa shape index (κ3) is 3.33. The number of hydrogen-bond acceptors (Lipinski definition) is 3. The quantitative estimate of drug-likeness (QED) is 0.341. The molecule has 2 heterocycles. The zero-order valence-corrected chi connectivity index (χ0v) is 17.4. The molecule has 0 fully saturated rings. The average molecular weight is 437 g/mol. The van der Waals surface area contributed by atoms with E-state index in [1.165, 1.54) is 22.1 Å². The van der Waals surface area contributed by atoms with E-state index in [4.69, 9.17) is 28.2 Å². The first-order valence-corrected chi connectivity index (χ1v) is 10.7. The van der Waals surface area contributed by atoms with E-state index in [0.717, 1.165) is 16.7 Å². The number of benzene rings is 3.